The van der Waals surface area contributed by atoms with Crippen LogP contribution in [0.3, 0.4) is 0 Å². The zero-order valence-electron chi connectivity index (χ0n) is 17.3. The molecule has 162 valence electrons. The van der Waals surface area contributed by atoms with E-state index in [1.165, 1.54) is 24.3 Å². The Morgan fingerprint density at radius 3 is 2.28 bits per heavy atom. The van der Waals surface area contributed by atoms with Crippen molar-refractivity contribution in [1.29, 1.82) is 0 Å². The Balaban J connectivity index is 1.54. The fourth-order valence-corrected chi connectivity index (χ4v) is 4.02. The second-order valence-electron chi connectivity index (χ2n) is 7.72. The fourth-order valence-electron chi connectivity index (χ4n) is 4.02. The molecular formula is C24H22F2N6. The highest BCUT2D eigenvalue weighted by atomic mass is 19.1. The molecule has 2 aromatic carbocycles. The maximum Gasteiger partial charge on any atom is 0.227 e. The summed E-state index contributed by atoms with van der Waals surface area (Å²) in [5, 5.41) is 6.51. The first-order chi connectivity index (χ1) is 15.7. The average molecular weight is 432 g/mol. The second-order valence-corrected chi connectivity index (χ2v) is 7.72. The Morgan fingerprint density at radius 2 is 1.56 bits per heavy atom. The van der Waals surface area contributed by atoms with E-state index in [-0.39, 0.29) is 17.7 Å². The minimum atomic E-state index is -0.301. The van der Waals surface area contributed by atoms with E-state index >= 15 is 0 Å². The van der Waals surface area contributed by atoms with Gasteiger partial charge in [0.2, 0.25) is 5.95 Å². The molecule has 6 nitrogen and oxygen atoms in total. The SMILES string of the molecule is Fc1ccc(Nc2nccc(-c3cnc(-c4ccc(F)cc4)n3C3CCNCC3)n2)cc1. The van der Waals surface area contributed by atoms with Crippen LogP contribution in [0.4, 0.5) is 20.4 Å². The Bertz CT molecular complexity index is 1200. The maximum atomic E-state index is 13.5. The van der Waals surface area contributed by atoms with E-state index in [1.54, 1.807) is 30.5 Å². The van der Waals surface area contributed by atoms with Crippen molar-refractivity contribution >= 4 is 11.6 Å². The molecule has 0 bridgehead atoms. The highest BCUT2D eigenvalue weighted by Gasteiger charge is 2.23. The van der Waals surface area contributed by atoms with Crippen molar-refractivity contribution in [2.45, 2.75) is 18.9 Å². The number of benzene rings is 2. The summed E-state index contributed by atoms with van der Waals surface area (Å²) >= 11 is 0. The summed E-state index contributed by atoms with van der Waals surface area (Å²) in [4.78, 5) is 13.7. The summed E-state index contributed by atoms with van der Waals surface area (Å²) in [6.07, 6.45) is 5.42. The summed E-state index contributed by atoms with van der Waals surface area (Å²) in [5.41, 5.74) is 3.15. The van der Waals surface area contributed by atoms with Crippen molar-refractivity contribution in [3.8, 4) is 22.8 Å². The van der Waals surface area contributed by atoms with Crippen LogP contribution in [0.1, 0.15) is 18.9 Å². The van der Waals surface area contributed by atoms with E-state index in [2.05, 4.69) is 30.2 Å². The molecule has 32 heavy (non-hydrogen) atoms. The fraction of sp³-hybridized carbons (Fsp3) is 0.208. The van der Waals surface area contributed by atoms with Gasteiger partial charge in [-0.1, -0.05) is 0 Å². The first-order valence-corrected chi connectivity index (χ1v) is 10.6. The van der Waals surface area contributed by atoms with Crippen LogP contribution in [0.25, 0.3) is 22.8 Å². The van der Waals surface area contributed by atoms with Gasteiger partial charge in [0, 0.05) is 23.5 Å². The molecule has 0 saturated carbocycles. The van der Waals surface area contributed by atoms with Gasteiger partial charge in [0.1, 0.15) is 17.5 Å². The lowest BCUT2D eigenvalue weighted by Gasteiger charge is -2.27. The van der Waals surface area contributed by atoms with E-state index in [9.17, 15) is 8.78 Å². The van der Waals surface area contributed by atoms with Crippen molar-refractivity contribution in [1.82, 2.24) is 24.8 Å². The van der Waals surface area contributed by atoms with E-state index in [1.807, 2.05) is 12.3 Å². The van der Waals surface area contributed by atoms with Gasteiger partial charge in [0.05, 0.1) is 17.6 Å². The van der Waals surface area contributed by atoms with Crippen LogP contribution in [-0.4, -0.2) is 32.6 Å². The van der Waals surface area contributed by atoms with Gasteiger partial charge >= 0.3 is 0 Å². The highest BCUT2D eigenvalue weighted by molar-refractivity contribution is 5.65. The summed E-state index contributed by atoms with van der Waals surface area (Å²) < 4.78 is 28.9. The molecule has 2 N–H and O–H groups in total. The molecule has 1 saturated heterocycles. The van der Waals surface area contributed by atoms with Gasteiger partial charge in [-0.15, -0.1) is 0 Å². The highest BCUT2D eigenvalue weighted by Crippen LogP contribution is 2.33. The second kappa shape index (κ2) is 8.84. The van der Waals surface area contributed by atoms with Gasteiger partial charge in [-0.05, 0) is 80.5 Å². The Labute approximate surface area is 184 Å². The van der Waals surface area contributed by atoms with Gasteiger partial charge in [-0.25, -0.2) is 23.7 Å². The number of nitrogens with one attached hydrogen (secondary N) is 2. The van der Waals surface area contributed by atoms with Crippen LogP contribution in [0.2, 0.25) is 0 Å². The molecule has 1 fully saturated rings. The van der Waals surface area contributed by atoms with Gasteiger partial charge in [0.15, 0.2) is 0 Å². The van der Waals surface area contributed by atoms with E-state index < -0.39 is 0 Å². The van der Waals surface area contributed by atoms with E-state index in [0.717, 1.165) is 48.7 Å². The van der Waals surface area contributed by atoms with Crippen molar-refractivity contribution < 1.29 is 8.78 Å². The topological polar surface area (TPSA) is 67.7 Å². The van der Waals surface area contributed by atoms with Crippen LogP contribution >= 0.6 is 0 Å². The summed E-state index contributed by atoms with van der Waals surface area (Å²) in [6, 6.07) is 14.5. The molecule has 0 aliphatic carbocycles. The summed E-state index contributed by atoms with van der Waals surface area (Å²) in [7, 11) is 0. The minimum Gasteiger partial charge on any atom is -0.324 e. The molecule has 0 amide bonds. The lowest BCUT2D eigenvalue weighted by molar-refractivity contribution is 0.373. The lowest BCUT2D eigenvalue weighted by atomic mass is 10.0. The number of aromatic nitrogens is 4. The third kappa shape index (κ3) is 4.22. The normalized spacial score (nSPS) is 14.4. The van der Waals surface area contributed by atoms with Crippen molar-refractivity contribution in [2.75, 3.05) is 18.4 Å². The number of halogens is 2. The number of hydrogen-bond acceptors (Lipinski definition) is 5. The number of hydrogen-bond donors (Lipinski definition) is 2. The zero-order chi connectivity index (χ0) is 21.9. The molecule has 3 heterocycles. The quantitative estimate of drug-likeness (QED) is 0.467. The number of imidazole rings is 1. The Hall–Kier alpha value is -3.65. The molecular weight excluding hydrogens is 410 g/mol. The average Bonchev–Trinajstić information content (AvgIpc) is 3.27. The predicted molar refractivity (Wildman–Crippen MR) is 119 cm³/mol. The van der Waals surface area contributed by atoms with Crippen LogP contribution in [0.5, 0.6) is 0 Å². The number of nitrogens with zero attached hydrogens (tertiary/aromatic N) is 4. The minimum absolute atomic E-state index is 0.247. The van der Waals surface area contributed by atoms with Crippen molar-refractivity contribution in [3.63, 3.8) is 0 Å². The molecule has 4 aromatic rings. The number of rotatable bonds is 5. The largest absolute Gasteiger partial charge is 0.324 e. The van der Waals surface area contributed by atoms with Gasteiger partial charge in [0.25, 0.3) is 0 Å². The monoisotopic (exact) mass is 432 g/mol. The molecule has 2 aromatic heterocycles. The molecule has 0 unspecified atom stereocenters. The number of anilines is 2. The molecule has 0 spiro atoms. The molecule has 5 rings (SSSR count). The molecule has 8 heteroatoms. The Kier molecular flexibility index (Phi) is 5.60. The van der Waals surface area contributed by atoms with E-state index in [0.29, 0.717) is 11.6 Å². The third-order valence-electron chi connectivity index (χ3n) is 5.59. The summed E-state index contributed by atoms with van der Waals surface area (Å²) in [5.74, 6) is 0.625. The smallest absolute Gasteiger partial charge is 0.227 e. The van der Waals surface area contributed by atoms with Crippen LogP contribution in [0.15, 0.2) is 67.0 Å². The standard InChI is InChI=1S/C24H22F2N6/c25-17-3-1-16(2-4-17)23-29-15-22(32(23)20-9-12-27-13-10-20)21-11-14-28-24(31-21)30-19-7-5-18(26)6-8-19/h1-8,11,14-15,20,27H,9-10,12-13H2,(H,28,30,31). The van der Waals surface area contributed by atoms with Crippen molar-refractivity contribution in [3.05, 3.63) is 78.6 Å². The molecule has 0 radical (unpaired) electrons. The molecule has 0 atom stereocenters. The first-order valence-electron chi connectivity index (χ1n) is 10.6. The first kappa shape index (κ1) is 20.3. The maximum absolute atomic E-state index is 13.5. The summed E-state index contributed by atoms with van der Waals surface area (Å²) in [6.45, 7) is 1.85. The third-order valence-corrected chi connectivity index (χ3v) is 5.59. The lowest BCUT2D eigenvalue weighted by Crippen LogP contribution is -2.30. The van der Waals surface area contributed by atoms with Gasteiger partial charge in [-0.2, -0.15) is 0 Å². The number of piperidine rings is 1. The van der Waals surface area contributed by atoms with Gasteiger partial charge < -0.3 is 15.2 Å². The Morgan fingerprint density at radius 1 is 0.875 bits per heavy atom. The molecule has 1 aliphatic rings. The molecule has 1 aliphatic heterocycles. The van der Waals surface area contributed by atoms with Crippen LogP contribution < -0.4 is 10.6 Å². The van der Waals surface area contributed by atoms with Gasteiger partial charge in [-0.3, -0.25) is 0 Å². The van der Waals surface area contributed by atoms with Crippen LogP contribution in [0, 0.1) is 11.6 Å². The predicted octanol–water partition coefficient (Wildman–Crippen LogP) is 4.95. The van der Waals surface area contributed by atoms with Crippen molar-refractivity contribution in [2.24, 2.45) is 0 Å². The van der Waals surface area contributed by atoms with E-state index in [4.69, 9.17) is 0 Å². The zero-order valence-corrected chi connectivity index (χ0v) is 17.3. The van der Waals surface area contributed by atoms with Crippen LogP contribution in [-0.2, 0) is 0 Å².